The smallest absolute Gasteiger partial charge is 0.193 e. The van der Waals surface area contributed by atoms with E-state index in [1.54, 1.807) is 0 Å². The van der Waals surface area contributed by atoms with Gasteiger partial charge in [0.25, 0.3) is 0 Å². The van der Waals surface area contributed by atoms with Crippen LogP contribution in [0.5, 0.6) is 0 Å². The van der Waals surface area contributed by atoms with E-state index in [-0.39, 0.29) is 0 Å². The van der Waals surface area contributed by atoms with Gasteiger partial charge in [0.1, 0.15) is 0 Å². The Morgan fingerprint density at radius 1 is 1.31 bits per heavy atom. The molecule has 0 amide bonds. The average molecular weight is 169 g/mol. The van der Waals surface area contributed by atoms with E-state index in [1.165, 1.54) is 0 Å². The van der Waals surface area contributed by atoms with E-state index in [2.05, 4.69) is 16.8 Å². The molecule has 0 aliphatic heterocycles. The molecule has 62 valence electrons. The molecule has 0 fully saturated rings. The van der Waals surface area contributed by atoms with Gasteiger partial charge in [-0.15, -0.1) is 0 Å². The summed E-state index contributed by atoms with van der Waals surface area (Å²) in [6.07, 6.45) is 2.46. The zero-order valence-corrected chi connectivity index (χ0v) is 6.87. The minimum Gasteiger partial charge on any atom is -0.361 e. The van der Waals surface area contributed by atoms with Gasteiger partial charge in [-0.05, 0) is 24.1 Å². The second-order valence-corrected chi connectivity index (χ2v) is 2.63. The Hall–Kier alpha value is -2.01. The number of aromatic amines is 1. The Morgan fingerprint density at radius 2 is 2.23 bits per heavy atom. The van der Waals surface area contributed by atoms with E-state index in [4.69, 9.17) is 0 Å². The van der Waals surface area contributed by atoms with Gasteiger partial charge in [0, 0.05) is 22.7 Å². The maximum atomic E-state index is 10.1. The lowest BCUT2D eigenvalue weighted by Gasteiger charge is -1.92. The lowest BCUT2D eigenvalue weighted by molar-refractivity contribution is -0.103. The van der Waals surface area contributed by atoms with Crippen LogP contribution in [-0.2, 0) is 4.79 Å². The molecule has 0 saturated heterocycles. The molecule has 0 atom stereocenters. The molecule has 2 aromatic rings. The molecule has 1 aromatic carbocycles. The van der Waals surface area contributed by atoms with Crippen molar-refractivity contribution in [1.29, 1.82) is 0 Å². The maximum Gasteiger partial charge on any atom is 0.193 e. The molecule has 0 spiro atoms. The number of rotatable bonds is 0. The number of benzene rings is 1. The van der Waals surface area contributed by atoms with Crippen LogP contribution in [0.2, 0.25) is 0 Å². The Labute approximate surface area is 75.6 Å². The third kappa shape index (κ3) is 1.32. The van der Waals surface area contributed by atoms with Crippen LogP contribution in [0.15, 0.2) is 30.5 Å². The van der Waals surface area contributed by atoms with Crippen molar-refractivity contribution in [1.82, 2.24) is 4.98 Å². The van der Waals surface area contributed by atoms with Gasteiger partial charge < -0.3 is 4.98 Å². The van der Waals surface area contributed by atoms with Crippen molar-refractivity contribution >= 4 is 17.2 Å². The summed E-state index contributed by atoms with van der Waals surface area (Å²) in [6, 6.07) is 7.73. The maximum absolute atomic E-state index is 10.1. The fraction of sp³-hybridized carbons (Fsp3) is 0. The SMILES string of the molecule is O=CC#Cc1cccc2[nH]ccc12. The summed E-state index contributed by atoms with van der Waals surface area (Å²) in [7, 11) is 0. The molecule has 1 heterocycles. The fourth-order valence-corrected chi connectivity index (χ4v) is 1.30. The molecule has 2 rings (SSSR count). The van der Waals surface area contributed by atoms with Crippen LogP contribution in [0.1, 0.15) is 5.56 Å². The minimum absolute atomic E-state index is 0.603. The number of carbonyl (C=O) groups is 1. The van der Waals surface area contributed by atoms with Crippen molar-refractivity contribution in [2.75, 3.05) is 0 Å². The van der Waals surface area contributed by atoms with Gasteiger partial charge in [0.15, 0.2) is 6.29 Å². The van der Waals surface area contributed by atoms with E-state index in [0.717, 1.165) is 16.5 Å². The summed E-state index contributed by atoms with van der Waals surface area (Å²) in [5.74, 6) is 5.19. The molecule has 0 unspecified atom stereocenters. The van der Waals surface area contributed by atoms with Crippen molar-refractivity contribution in [2.24, 2.45) is 0 Å². The van der Waals surface area contributed by atoms with Crippen molar-refractivity contribution < 1.29 is 4.79 Å². The Kier molecular flexibility index (Phi) is 1.85. The van der Waals surface area contributed by atoms with Crippen LogP contribution in [-0.4, -0.2) is 11.3 Å². The highest BCUT2D eigenvalue weighted by Gasteiger charge is 1.96. The number of aromatic nitrogens is 1. The van der Waals surface area contributed by atoms with Crippen molar-refractivity contribution in [2.45, 2.75) is 0 Å². The highest BCUT2D eigenvalue weighted by atomic mass is 16.1. The number of fused-ring (bicyclic) bond motifs is 1. The number of H-pyrrole nitrogens is 1. The molecule has 0 bridgehead atoms. The zero-order valence-electron chi connectivity index (χ0n) is 6.87. The molecule has 0 saturated carbocycles. The number of aldehydes is 1. The molecule has 13 heavy (non-hydrogen) atoms. The van der Waals surface area contributed by atoms with Crippen LogP contribution < -0.4 is 0 Å². The van der Waals surface area contributed by atoms with Crippen LogP contribution in [0, 0.1) is 11.8 Å². The molecule has 1 N–H and O–H groups in total. The van der Waals surface area contributed by atoms with Gasteiger partial charge in [0.2, 0.25) is 0 Å². The molecular weight excluding hydrogens is 162 g/mol. The summed E-state index contributed by atoms with van der Waals surface area (Å²) in [5.41, 5.74) is 1.92. The van der Waals surface area contributed by atoms with Crippen LogP contribution in [0.3, 0.4) is 0 Å². The highest BCUT2D eigenvalue weighted by Crippen LogP contribution is 2.15. The van der Waals surface area contributed by atoms with Gasteiger partial charge in [-0.2, -0.15) is 0 Å². The first-order chi connectivity index (χ1) is 6.42. The lowest BCUT2D eigenvalue weighted by atomic mass is 10.1. The number of nitrogens with one attached hydrogen (secondary N) is 1. The van der Waals surface area contributed by atoms with Gasteiger partial charge in [0.05, 0.1) is 0 Å². The third-order valence-electron chi connectivity index (χ3n) is 1.86. The second kappa shape index (κ2) is 3.16. The zero-order chi connectivity index (χ0) is 9.10. The van der Waals surface area contributed by atoms with Gasteiger partial charge in [-0.25, -0.2) is 0 Å². The molecule has 0 aliphatic carbocycles. The first-order valence-electron chi connectivity index (χ1n) is 3.93. The fourth-order valence-electron chi connectivity index (χ4n) is 1.30. The van der Waals surface area contributed by atoms with Crippen LogP contribution >= 0.6 is 0 Å². The van der Waals surface area contributed by atoms with Crippen LogP contribution in [0.25, 0.3) is 10.9 Å². The number of hydrogen-bond acceptors (Lipinski definition) is 1. The van der Waals surface area contributed by atoms with E-state index >= 15 is 0 Å². The molecule has 2 heteroatoms. The standard InChI is InChI=1S/C11H7NO/c13-8-2-4-9-3-1-5-11-10(9)6-7-12-11/h1,3,5-8,12H. The molecular formula is C11H7NO. The Balaban J connectivity index is 2.67. The van der Waals surface area contributed by atoms with E-state index < -0.39 is 0 Å². The summed E-state index contributed by atoms with van der Waals surface area (Å²) in [5, 5.41) is 1.05. The topological polar surface area (TPSA) is 32.9 Å². The monoisotopic (exact) mass is 169 g/mol. The number of hydrogen-bond donors (Lipinski definition) is 1. The summed E-state index contributed by atoms with van der Waals surface area (Å²) < 4.78 is 0. The summed E-state index contributed by atoms with van der Waals surface area (Å²) in [4.78, 5) is 13.2. The van der Waals surface area contributed by atoms with Crippen LogP contribution in [0.4, 0.5) is 0 Å². The van der Waals surface area contributed by atoms with E-state index in [1.807, 2.05) is 30.5 Å². The first-order valence-corrected chi connectivity index (χ1v) is 3.93. The molecule has 2 nitrogen and oxygen atoms in total. The second-order valence-electron chi connectivity index (χ2n) is 2.63. The Bertz CT molecular complexity index is 499. The Morgan fingerprint density at radius 3 is 3.08 bits per heavy atom. The largest absolute Gasteiger partial charge is 0.361 e. The van der Waals surface area contributed by atoms with Crippen molar-refractivity contribution in [3.05, 3.63) is 36.0 Å². The quantitative estimate of drug-likeness (QED) is 0.472. The van der Waals surface area contributed by atoms with Crippen molar-refractivity contribution in [3.63, 3.8) is 0 Å². The average Bonchev–Trinajstić information content (AvgIpc) is 2.62. The normalized spacial score (nSPS) is 9.23. The predicted molar refractivity (Wildman–Crippen MR) is 51.2 cm³/mol. The molecule has 0 aliphatic rings. The highest BCUT2D eigenvalue weighted by molar-refractivity contribution is 5.87. The van der Waals surface area contributed by atoms with Crippen molar-refractivity contribution in [3.8, 4) is 11.8 Å². The molecule has 1 aromatic heterocycles. The van der Waals surface area contributed by atoms with Gasteiger partial charge in [-0.1, -0.05) is 12.0 Å². The molecule has 0 radical (unpaired) electrons. The third-order valence-corrected chi connectivity index (χ3v) is 1.86. The van der Waals surface area contributed by atoms with Gasteiger partial charge >= 0.3 is 0 Å². The van der Waals surface area contributed by atoms with E-state index in [0.29, 0.717) is 6.29 Å². The summed E-state index contributed by atoms with van der Waals surface area (Å²) in [6.45, 7) is 0. The minimum atomic E-state index is 0.603. The lowest BCUT2D eigenvalue weighted by Crippen LogP contribution is -1.75. The number of carbonyl (C=O) groups excluding carboxylic acids is 1. The predicted octanol–water partition coefficient (Wildman–Crippen LogP) is 1.72. The van der Waals surface area contributed by atoms with E-state index in [9.17, 15) is 4.79 Å². The first kappa shape index (κ1) is 7.63. The van der Waals surface area contributed by atoms with Gasteiger partial charge in [-0.3, -0.25) is 4.79 Å². The summed E-state index contributed by atoms with van der Waals surface area (Å²) >= 11 is 0.